The molecule has 6 heteroatoms. The first-order valence-electron chi connectivity index (χ1n) is 33.0. The van der Waals surface area contributed by atoms with Gasteiger partial charge in [0, 0.05) is 19.3 Å². The molecule has 0 amide bonds. The first kappa shape index (κ1) is 76.0. The summed E-state index contributed by atoms with van der Waals surface area (Å²) in [4.78, 5) is 38.4. The molecule has 81 heavy (non-hydrogen) atoms. The summed E-state index contributed by atoms with van der Waals surface area (Å²) in [5, 5.41) is 0. The molecule has 6 nitrogen and oxygen atoms in total. The van der Waals surface area contributed by atoms with Gasteiger partial charge in [0.05, 0.1) is 0 Å². The van der Waals surface area contributed by atoms with Gasteiger partial charge in [-0.25, -0.2) is 0 Å². The smallest absolute Gasteiger partial charge is 0.306 e. The largest absolute Gasteiger partial charge is 0.462 e. The van der Waals surface area contributed by atoms with Gasteiger partial charge >= 0.3 is 17.9 Å². The van der Waals surface area contributed by atoms with E-state index in [2.05, 4.69) is 179 Å². The first-order valence-corrected chi connectivity index (χ1v) is 33.0. The molecule has 0 saturated heterocycles. The Labute approximate surface area is 499 Å². The van der Waals surface area contributed by atoms with Crippen LogP contribution in [0.4, 0.5) is 0 Å². The van der Waals surface area contributed by atoms with Gasteiger partial charge in [0.1, 0.15) is 13.2 Å². The van der Waals surface area contributed by atoms with Crippen LogP contribution < -0.4 is 0 Å². The highest BCUT2D eigenvalue weighted by atomic mass is 16.6. The lowest BCUT2D eigenvalue weighted by Crippen LogP contribution is -2.30. The monoisotopic (exact) mass is 1120 g/mol. The highest BCUT2D eigenvalue weighted by Crippen LogP contribution is 2.15. The third-order valence-electron chi connectivity index (χ3n) is 13.5. The zero-order chi connectivity index (χ0) is 58.5. The zero-order valence-electron chi connectivity index (χ0n) is 52.2. The number of rotatable bonds is 58. The van der Waals surface area contributed by atoms with Gasteiger partial charge in [-0.3, -0.25) is 14.4 Å². The number of unbranched alkanes of at least 4 members (excludes halogenated alkanes) is 21. The normalized spacial score (nSPS) is 13.2. The van der Waals surface area contributed by atoms with Crippen molar-refractivity contribution in [2.75, 3.05) is 13.2 Å². The van der Waals surface area contributed by atoms with Gasteiger partial charge in [-0.2, -0.15) is 0 Å². The minimum atomic E-state index is -0.803. The number of ether oxygens (including phenoxy) is 3. The van der Waals surface area contributed by atoms with Crippen LogP contribution in [-0.2, 0) is 28.6 Å². The molecule has 0 aliphatic rings. The molecule has 1 unspecified atom stereocenters. The fraction of sp³-hybridized carbons (Fsp3) is 0.613. The lowest BCUT2D eigenvalue weighted by molar-refractivity contribution is -0.167. The van der Waals surface area contributed by atoms with E-state index in [1.165, 1.54) is 70.6 Å². The molecule has 456 valence electrons. The number of esters is 3. The van der Waals surface area contributed by atoms with E-state index < -0.39 is 6.10 Å². The van der Waals surface area contributed by atoms with Crippen molar-refractivity contribution >= 4 is 17.9 Å². The third-order valence-corrected chi connectivity index (χ3v) is 13.5. The van der Waals surface area contributed by atoms with E-state index in [0.29, 0.717) is 19.3 Å². The van der Waals surface area contributed by atoms with Crippen LogP contribution in [0.1, 0.15) is 278 Å². The molecular weight excluding hydrogens is 997 g/mol. The lowest BCUT2D eigenvalue weighted by Gasteiger charge is -2.18. The van der Waals surface area contributed by atoms with Crippen molar-refractivity contribution in [3.05, 3.63) is 158 Å². The van der Waals surface area contributed by atoms with E-state index in [9.17, 15) is 14.4 Å². The van der Waals surface area contributed by atoms with Crippen LogP contribution in [0.2, 0.25) is 0 Å². The molecule has 0 aliphatic heterocycles. The molecule has 0 fully saturated rings. The Morgan fingerprint density at radius 2 is 0.444 bits per heavy atom. The molecule has 0 heterocycles. The van der Waals surface area contributed by atoms with Gasteiger partial charge in [-0.05, 0) is 141 Å². The number of hydrogen-bond acceptors (Lipinski definition) is 6. The number of carbonyl (C=O) groups excluding carboxylic acids is 3. The molecule has 0 aromatic heterocycles. The van der Waals surface area contributed by atoms with E-state index in [4.69, 9.17) is 14.2 Å². The van der Waals surface area contributed by atoms with E-state index in [0.717, 1.165) is 167 Å². The van der Waals surface area contributed by atoms with Crippen molar-refractivity contribution in [3.8, 4) is 0 Å². The minimum Gasteiger partial charge on any atom is -0.462 e. The quantitative estimate of drug-likeness (QED) is 0.0261. The summed E-state index contributed by atoms with van der Waals surface area (Å²) in [6.07, 6.45) is 98.1. The van der Waals surface area contributed by atoms with Crippen LogP contribution in [0.15, 0.2) is 158 Å². The Morgan fingerprint density at radius 3 is 0.691 bits per heavy atom. The molecule has 0 saturated carbocycles. The number of allylic oxidation sites excluding steroid dienone is 26. The van der Waals surface area contributed by atoms with Crippen LogP contribution >= 0.6 is 0 Å². The summed E-state index contributed by atoms with van der Waals surface area (Å²) < 4.78 is 16.9. The second-order valence-electron chi connectivity index (χ2n) is 21.2. The summed E-state index contributed by atoms with van der Waals surface area (Å²) in [6.45, 7) is 6.28. The third kappa shape index (κ3) is 65.7. The van der Waals surface area contributed by atoms with E-state index in [1.54, 1.807) is 0 Å². The van der Waals surface area contributed by atoms with Gasteiger partial charge < -0.3 is 14.2 Å². The highest BCUT2D eigenvalue weighted by molar-refractivity contribution is 5.71. The average Bonchev–Trinajstić information content (AvgIpc) is 3.47. The van der Waals surface area contributed by atoms with Gasteiger partial charge in [-0.1, -0.05) is 275 Å². The summed E-state index contributed by atoms with van der Waals surface area (Å²) in [6, 6.07) is 0. The Kier molecular flexibility index (Phi) is 63.4. The van der Waals surface area contributed by atoms with Crippen molar-refractivity contribution in [2.24, 2.45) is 0 Å². The summed E-state index contributed by atoms with van der Waals surface area (Å²) in [5.74, 6) is -0.929. The van der Waals surface area contributed by atoms with Crippen molar-refractivity contribution in [2.45, 2.75) is 284 Å². The molecule has 0 N–H and O–H groups in total. The second-order valence-corrected chi connectivity index (χ2v) is 21.2. The summed E-state index contributed by atoms with van der Waals surface area (Å²) in [5.41, 5.74) is 0. The topological polar surface area (TPSA) is 78.9 Å². The first-order chi connectivity index (χ1) is 40.0. The molecule has 0 rings (SSSR count). The fourth-order valence-electron chi connectivity index (χ4n) is 8.69. The molecule has 0 bridgehead atoms. The Hall–Kier alpha value is -4.97. The molecule has 0 spiro atoms. The van der Waals surface area contributed by atoms with Crippen molar-refractivity contribution in [1.82, 2.24) is 0 Å². The molecule has 0 aliphatic carbocycles. The van der Waals surface area contributed by atoms with Crippen LogP contribution in [0.3, 0.4) is 0 Å². The molecular formula is C75H120O6. The van der Waals surface area contributed by atoms with Crippen molar-refractivity contribution < 1.29 is 28.6 Å². The summed E-state index contributed by atoms with van der Waals surface area (Å²) in [7, 11) is 0. The van der Waals surface area contributed by atoms with Gasteiger partial charge in [0.2, 0.25) is 0 Å². The Bertz CT molecular complexity index is 1810. The average molecular weight is 1120 g/mol. The van der Waals surface area contributed by atoms with Crippen LogP contribution in [0.5, 0.6) is 0 Å². The predicted octanol–water partition coefficient (Wildman–Crippen LogP) is 22.9. The maximum absolute atomic E-state index is 12.9. The van der Waals surface area contributed by atoms with Crippen LogP contribution in [-0.4, -0.2) is 37.2 Å². The van der Waals surface area contributed by atoms with Gasteiger partial charge in [-0.15, -0.1) is 0 Å². The van der Waals surface area contributed by atoms with E-state index in [1.807, 2.05) is 0 Å². The summed E-state index contributed by atoms with van der Waals surface area (Å²) >= 11 is 0. The van der Waals surface area contributed by atoms with Crippen molar-refractivity contribution in [1.29, 1.82) is 0 Å². The minimum absolute atomic E-state index is 0.0977. The van der Waals surface area contributed by atoms with Gasteiger partial charge in [0.25, 0.3) is 0 Å². The molecule has 0 aromatic rings. The SMILES string of the molecule is CC/C=C\C/C=C\C/C=C\C/C=C\C/C=C\C/C=C\CCCCCCCCCCC(=O)OCC(COC(=O)CCCCCCCCC/C=C\C/C=C\C/C=C\CC)OC(=O)CCCCCCCC/C=C\C/C=C\C/C=C\C/C=C\CC. The van der Waals surface area contributed by atoms with Crippen LogP contribution in [0.25, 0.3) is 0 Å². The number of carbonyl (C=O) groups is 3. The van der Waals surface area contributed by atoms with Crippen molar-refractivity contribution in [3.63, 3.8) is 0 Å². The Morgan fingerprint density at radius 1 is 0.247 bits per heavy atom. The zero-order valence-corrected chi connectivity index (χ0v) is 52.2. The maximum Gasteiger partial charge on any atom is 0.306 e. The van der Waals surface area contributed by atoms with E-state index in [-0.39, 0.29) is 31.1 Å². The van der Waals surface area contributed by atoms with Crippen LogP contribution in [0, 0.1) is 0 Å². The Balaban J connectivity index is 4.43. The lowest BCUT2D eigenvalue weighted by atomic mass is 10.1. The second kappa shape index (κ2) is 67.5. The number of hydrogen-bond donors (Lipinski definition) is 0. The maximum atomic E-state index is 12.9. The van der Waals surface area contributed by atoms with Gasteiger partial charge in [0.15, 0.2) is 6.10 Å². The standard InChI is InChI=1S/C75H120O6/c1-4-7-10-13-16-19-22-25-28-31-33-34-35-36-37-38-39-40-42-44-47-50-53-56-59-62-65-68-74(77)80-71-72(70-79-73(76)67-64-61-58-55-52-49-46-43-30-27-24-21-18-15-12-9-6-3)81-75(78)69-66-63-60-57-54-51-48-45-41-32-29-26-23-20-17-14-11-8-5-2/h7-12,16-21,25-30,33-34,36-37,39-41,45,72H,4-6,13-15,22-24,31-32,35,38,42-44,46-71H2,1-3H3/b10-7-,11-8-,12-9-,19-16-,20-17-,21-18-,28-25-,29-26-,30-27-,34-33-,37-36-,40-39-,45-41-. The van der Waals surface area contributed by atoms with E-state index >= 15 is 0 Å². The highest BCUT2D eigenvalue weighted by Gasteiger charge is 2.19. The molecule has 1 atom stereocenters. The molecule has 0 radical (unpaired) electrons. The predicted molar refractivity (Wildman–Crippen MR) is 352 cm³/mol. The molecule has 0 aromatic carbocycles. The fourth-order valence-corrected chi connectivity index (χ4v) is 8.69.